The summed E-state index contributed by atoms with van der Waals surface area (Å²) in [4.78, 5) is 11.8. The molecular formula is C15H12O3. The Balaban J connectivity index is 2.51. The minimum absolute atomic E-state index is 0.341. The van der Waals surface area contributed by atoms with Gasteiger partial charge in [-0.1, -0.05) is 24.3 Å². The molecule has 0 atom stereocenters. The van der Waals surface area contributed by atoms with E-state index in [1.165, 1.54) is 7.11 Å². The number of furan rings is 1. The van der Waals surface area contributed by atoms with Crippen LogP contribution in [-0.4, -0.2) is 13.1 Å². The fourth-order valence-corrected chi connectivity index (χ4v) is 2.24. The molecule has 0 saturated heterocycles. The van der Waals surface area contributed by atoms with E-state index in [4.69, 9.17) is 9.15 Å². The average molecular weight is 240 g/mol. The van der Waals surface area contributed by atoms with Gasteiger partial charge in [-0.2, -0.15) is 0 Å². The molecule has 3 aromatic rings. The summed E-state index contributed by atoms with van der Waals surface area (Å²) in [6, 6.07) is 11.4. The summed E-state index contributed by atoms with van der Waals surface area (Å²) in [7, 11) is 1.39. The number of rotatable bonds is 1. The van der Waals surface area contributed by atoms with E-state index >= 15 is 0 Å². The number of carbonyl (C=O) groups is 1. The third-order valence-corrected chi connectivity index (χ3v) is 3.13. The molecule has 1 aromatic heterocycles. The van der Waals surface area contributed by atoms with Crippen LogP contribution in [0.4, 0.5) is 0 Å². The van der Waals surface area contributed by atoms with E-state index in [0.717, 1.165) is 27.5 Å². The summed E-state index contributed by atoms with van der Waals surface area (Å²) in [6.07, 6.45) is 0. The zero-order chi connectivity index (χ0) is 12.7. The van der Waals surface area contributed by atoms with Crippen LogP contribution in [0.15, 0.2) is 40.8 Å². The smallest absolute Gasteiger partial charge is 0.338 e. The zero-order valence-electron chi connectivity index (χ0n) is 10.2. The fourth-order valence-electron chi connectivity index (χ4n) is 2.24. The van der Waals surface area contributed by atoms with Gasteiger partial charge >= 0.3 is 5.97 Å². The molecule has 0 radical (unpaired) electrons. The summed E-state index contributed by atoms with van der Waals surface area (Å²) >= 11 is 0. The molecule has 0 aliphatic rings. The van der Waals surface area contributed by atoms with Crippen molar-refractivity contribution in [1.29, 1.82) is 0 Å². The van der Waals surface area contributed by atoms with Crippen molar-refractivity contribution < 1.29 is 13.9 Å². The molecule has 0 amide bonds. The molecule has 3 rings (SSSR count). The van der Waals surface area contributed by atoms with Crippen molar-refractivity contribution in [3.05, 3.63) is 47.5 Å². The highest BCUT2D eigenvalue weighted by Crippen LogP contribution is 2.33. The maximum atomic E-state index is 11.8. The molecule has 0 fully saturated rings. The van der Waals surface area contributed by atoms with Gasteiger partial charge in [-0.15, -0.1) is 0 Å². The molecule has 0 spiro atoms. The lowest BCUT2D eigenvalue weighted by Gasteiger charge is -2.02. The summed E-state index contributed by atoms with van der Waals surface area (Å²) in [5.41, 5.74) is 3.09. The van der Waals surface area contributed by atoms with Crippen LogP contribution >= 0.6 is 0 Å². The summed E-state index contributed by atoms with van der Waals surface area (Å²) in [6.45, 7) is 1.96. The van der Waals surface area contributed by atoms with E-state index in [1.807, 2.05) is 37.3 Å². The lowest BCUT2D eigenvalue weighted by Crippen LogP contribution is -2.01. The lowest BCUT2D eigenvalue weighted by molar-refractivity contribution is 0.0603. The minimum atomic E-state index is -0.341. The zero-order valence-corrected chi connectivity index (χ0v) is 10.2. The van der Waals surface area contributed by atoms with Gasteiger partial charge in [-0.25, -0.2) is 4.79 Å². The van der Waals surface area contributed by atoms with E-state index in [-0.39, 0.29) is 5.97 Å². The van der Waals surface area contributed by atoms with Crippen molar-refractivity contribution in [1.82, 2.24) is 0 Å². The quantitative estimate of drug-likeness (QED) is 0.609. The molecule has 1 heterocycles. The van der Waals surface area contributed by atoms with Gasteiger partial charge in [0.15, 0.2) is 0 Å². The number of hydrogen-bond donors (Lipinski definition) is 0. The van der Waals surface area contributed by atoms with Crippen LogP contribution in [0.3, 0.4) is 0 Å². The summed E-state index contributed by atoms with van der Waals surface area (Å²) < 4.78 is 10.6. The van der Waals surface area contributed by atoms with Crippen molar-refractivity contribution >= 4 is 27.9 Å². The number of hydrogen-bond acceptors (Lipinski definition) is 3. The second kappa shape index (κ2) is 3.88. The van der Waals surface area contributed by atoms with Crippen LogP contribution in [0.5, 0.6) is 0 Å². The van der Waals surface area contributed by atoms with Gasteiger partial charge in [-0.3, -0.25) is 0 Å². The molecular weight excluding hydrogens is 228 g/mol. The molecule has 3 heteroatoms. The summed E-state index contributed by atoms with van der Waals surface area (Å²) in [5, 5.41) is 1.77. The molecule has 90 valence electrons. The second-order valence-electron chi connectivity index (χ2n) is 4.22. The second-order valence-corrected chi connectivity index (χ2v) is 4.22. The van der Waals surface area contributed by atoms with Crippen molar-refractivity contribution in [2.45, 2.75) is 6.92 Å². The Morgan fingerprint density at radius 2 is 1.94 bits per heavy atom. The highest BCUT2D eigenvalue weighted by molar-refractivity contribution is 6.15. The highest BCUT2D eigenvalue weighted by Gasteiger charge is 2.17. The Bertz CT molecular complexity index is 753. The molecule has 0 saturated carbocycles. The Morgan fingerprint density at radius 1 is 1.17 bits per heavy atom. The first-order chi connectivity index (χ1) is 8.72. The molecule has 0 aliphatic carbocycles. The average Bonchev–Trinajstić information content (AvgIpc) is 2.79. The van der Waals surface area contributed by atoms with Gasteiger partial charge in [0.1, 0.15) is 11.2 Å². The molecule has 3 nitrogen and oxygen atoms in total. The predicted octanol–water partition coefficient (Wildman–Crippen LogP) is 3.68. The number of fused-ring (bicyclic) bond motifs is 3. The van der Waals surface area contributed by atoms with Crippen LogP contribution in [0.1, 0.15) is 15.9 Å². The first kappa shape index (κ1) is 10.8. The van der Waals surface area contributed by atoms with Gasteiger partial charge in [-0.05, 0) is 24.6 Å². The number of aryl methyl sites for hydroxylation is 1. The molecule has 2 aromatic carbocycles. The Morgan fingerprint density at radius 3 is 2.72 bits per heavy atom. The van der Waals surface area contributed by atoms with Crippen LogP contribution in [0.25, 0.3) is 21.9 Å². The Hall–Kier alpha value is -2.29. The van der Waals surface area contributed by atoms with Crippen molar-refractivity contribution in [3.8, 4) is 0 Å². The van der Waals surface area contributed by atoms with Crippen molar-refractivity contribution in [2.24, 2.45) is 0 Å². The van der Waals surface area contributed by atoms with Crippen LogP contribution in [-0.2, 0) is 4.74 Å². The fraction of sp³-hybridized carbons (Fsp3) is 0.133. The number of benzene rings is 2. The molecule has 0 bridgehead atoms. The summed E-state index contributed by atoms with van der Waals surface area (Å²) in [5.74, 6) is -0.341. The first-order valence-electron chi connectivity index (χ1n) is 5.71. The number of methoxy groups -OCH3 is 1. The highest BCUT2D eigenvalue weighted by atomic mass is 16.5. The maximum absolute atomic E-state index is 11.8. The maximum Gasteiger partial charge on any atom is 0.338 e. The standard InChI is InChI=1S/C15H12O3/c1-9-7-8-11(15(16)17-2)13-10-5-3-4-6-12(10)18-14(9)13/h3-8H,1-2H3. The van der Waals surface area contributed by atoms with E-state index in [0.29, 0.717) is 5.56 Å². The van der Waals surface area contributed by atoms with Gasteiger partial charge in [0.25, 0.3) is 0 Å². The third kappa shape index (κ3) is 1.40. The molecule has 18 heavy (non-hydrogen) atoms. The van der Waals surface area contributed by atoms with Gasteiger partial charge < -0.3 is 9.15 Å². The molecule has 0 unspecified atom stereocenters. The number of para-hydroxylation sites is 1. The minimum Gasteiger partial charge on any atom is -0.465 e. The topological polar surface area (TPSA) is 39.4 Å². The number of esters is 1. The lowest BCUT2D eigenvalue weighted by atomic mass is 10.0. The monoisotopic (exact) mass is 240 g/mol. The number of ether oxygens (including phenoxy) is 1. The SMILES string of the molecule is COC(=O)c1ccc(C)c2oc3ccccc3c12. The molecule has 0 aliphatic heterocycles. The van der Waals surface area contributed by atoms with Crippen LogP contribution in [0, 0.1) is 6.92 Å². The Kier molecular flexibility index (Phi) is 2.33. The van der Waals surface area contributed by atoms with E-state index in [1.54, 1.807) is 6.07 Å². The Labute approximate surface area is 104 Å². The van der Waals surface area contributed by atoms with Crippen LogP contribution < -0.4 is 0 Å². The normalized spacial score (nSPS) is 11.0. The first-order valence-corrected chi connectivity index (χ1v) is 5.71. The van der Waals surface area contributed by atoms with Crippen molar-refractivity contribution in [3.63, 3.8) is 0 Å². The van der Waals surface area contributed by atoms with Crippen molar-refractivity contribution in [2.75, 3.05) is 7.11 Å². The largest absolute Gasteiger partial charge is 0.465 e. The molecule has 0 N–H and O–H groups in total. The van der Waals surface area contributed by atoms with E-state index < -0.39 is 0 Å². The van der Waals surface area contributed by atoms with E-state index in [9.17, 15) is 4.79 Å². The predicted molar refractivity (Wildman–Crippen MR) is 69.8 cm³/mol. The van der Waals surface area contributed by atoms with Gasteiger partial charge in [0.2, 0.25) is 0 Å². The van der Waals surface area contributed by atoms with E-state index in [2.05, 4.69) is 0 Å². The van der Waals surface area contributed by atoms with Crippen LogP contribution in [0.2, 0.25) is 0 Å². The van der Waals surface area contributed by atoms with Gasteiger partial charge in [0.05, 0.1) is 12.7 Å². The number of carbonyl (C=O) groups excluding carboxylic acids is 1. The third-order valence-electron chi connectivity index (χ3n) is 3.13. The van der Waals surface area contributed by atoms with Gasteiger partial charge in [0, 0.05) is 10.8 Å².